The van der Waals surface area contributed by atoms with Crippen LogP contribution in [0.4, 0.5) is 5.82 Å². The van der Waals surface area contributed by atoms with Crippen molar-refractivity contribution in [2.24, 2.45) is 0 Å². The lowest BCUT2D eigenvalue weighted by Crippen LogP contribution is -2.09. The monoisotopic (exact) mass is 286 g/mol. The average molecular weight is 286 g/mol. The van der Waals surface area contributed by atoms with Gasteiger partial charge in [-0.1, -0.05) is 0 Å². The number of nitrogens with zero attached hydrogens (tertiary/aromatic N) is 5. The van der Waals surface area contributed by atoms with Crippen LogP contribution in [0.5, 0.6) is 0 Å². The van der Waals surface area contributed by atoms with E-state index in [1.165, 1.54) is 6.20 Å². The first-order chi connectivity index (χ1) is 10.2. The minimum Gasteiger partial charge on any atom is -0.383 e. The summed E-state index contributed by atoms with van der Waals surface area (Å²) in [5.41, 5.74) is 3.43. The van der Waals surface area contributed by atoms with E-state index in [1.54, 1.807) is 13.3 Å². The molecule has 0 atom stereocenters. The van der Waals surface area contributed by atoms with Gasteiger partial charge in [0.15, 0.2) is 11.5 Å². The fourth-order valence-electron chi connectivity index (χ4n) is 2.11. The first-order valence-electron chi connectivity index (χ1n) is 6.64. The maximum absolute atomic E-state index is 9.00. The quantitative estimate of drug-likeness (QED) is 0.864. The summed E-state index contributed by atoms with van der Waals surface area (Å²) in [6.45, 7) is 5.89. The normalized spacial score (nSPS) is 10.4. The summed E-state index contributed by atoms with van der Waals surface area (Å²) in [4.78, 5) is 8.11. The van der Waals surface area contributed by atoms with Crippen LogP contribution >= 0.6 is 0 Å². The number of aromatic nitrogens is 4. The molecule has 2 rings (SSSR count). The Bertz CT molecular complexity index is 658. The number of anilines is 1. The van der Waals surface area contributed by atoms with Crippen LogP contribution in [0.1, 0.15) is 22.6 Å². The molecule has 0 spiro atoms. The molecule has 110 valence electrons. The Morgan fingerprint density at radius 2 is 2.10 bits per heavy atom. The van der Waals surface area contributed by atoms with Crippen LogP contribution in [-0.4, -0.2) is 33.5 Å². The number of hydrogen-bond donors (Lipinski definition) is 1. The van der Waals surface area contributed by atoms with E-state index in [2.05, 4.69) is 20.4 Å². The van der Waals surface area contributed by atoms with Gasteiger partial charge < -0.3 is 10.1 Å². The van der Waals surface area contributed by atoms with Gasteiger partial charge in [-0.2, -0.15) is 10.4 Å². The summed E-state index contributed by atoms with van der Waals surface area (Å²) in [6.07, 6.45) is 3.06. The topological polar surface area (TPSA) is 88.7 Å². The minimum absolute atomic E-state index is 0.291. The highest BCUT2D eigenvalue weighted by molar-refractivity contribution is 5.47. The van der Waals surface area contributed by atoms with Crippen LogP contribution in [0.15, 0.2) is 12.4 Å². The largest absolute Gasteiger partial charge is 0.383 e. The van der Waals surface area contributed by atoms with Crippen LogP contribution in [0, 0.1) is 25.2 Å². The summed E-state index contributed by atoms with van der Waals surface area (Å²) < 4.78 is 7.01. The van der Waals surface area contributed by atoms with E-state index in [4.69, 9.17) is 10.00 Å². The molecule has 7 nitrogen and oxygen atoms in total. The molecule has 0 aliphatic heterocycles. The lowest BCUT2D eigenvalue weighted by atomic mass is 10.2. The maximum atomic E-state index is 9.00. The molecule has 2 aromatic rings. The highest BCUT2D eigenvalue weighted by Crippen LogP contribution is 2.16. The Morgan fingerprint density at radius 3 is 2.81 bits per heavy atom. The standard InChI is InChI=1S/C14H18N6O/c1-10-12(11(2)20(19-10)6-7-21-3)9-18-14-13(8-15)16-4-5-17-14/h4-5H,6-7,9H2,1-3H3,(H,17,18). The molecule has 0 aliphatic rings. The zero-order valence-corrected chi connectivity index (χ0v) is 12.4. The second-order valence-corrected chi connectivity index (χ2v) is 4.58. The van der Waals surface area contributed by atoms with Crippen molar-refractivity contribution >= 4 is 5.82 Å². The molecular formula is C14H18N6O. The third-order valence-corrected chi connectivity index (χ3v) is 3.28. The molecule has 0 saturated heterocycles. The lowest BCUT2D eigenvalue weighted by Gasteiger charge is -2.07. The van der Waals surface area contributed by atoms with E-state index in [0.717, 1.165) is 23.5 Å². The fraction of sp³-hybridized carbons (Fsp3) is 0.429. The summed E-state index contributed by atoms with van der Waals surface area (Å²) in [6, 6.07) is 2.02. The van der Waals surface area contributed by atoms with Crippen molar-refractivity contribution in [3.8, 4) is 6.07 Å². The SMILES string of the molecule is COCCn1nc(C)c(CNc2nccnc2C#N)c1C. The maximum Gasteiger partial charge on any atom is 0.182 e. The Morgan fingerprint density at radius 1 is 1.33 bits per heavy atom. The van der Waals surface area contributed by atoms with Gasteiger partial charge in [0.2, 0.25) is 0 Å². The highest BCUT2D eigenvalue weighted by Gasteiger charge is 2.12. The number of nitriles is 1. The van der Waals surface area contributed by atoms with E-state index >= 15 is 0 Å². The summed E-state index contributed by atoms with van der Waals surface area (Å²) in [7, 11) is 1.67. The van der Waals surface area contributed by atoms with Crippen LogP contribution in [-0.2, 0) is 17.8 Å². The van der Waals surface area contributed by atoms with Crippen molar-refractivity contribution in [3.05, 3.63) is 35.0 Å². The second-order valence-electron chi connectivity index (χ2n) is 4.58. The molecule has 0 aliphatic carbocycles. The number of aryl methyl sites for hydroxylation is 1. The molecule has 0 fully saturated rings. The molecule has 0 aromatic carbocycles. The Kier molecular flexibility index (Phi) is 4.85. The molecule has 0 unspecified atom stereocenters. The Labute approximate surface area is 123 Å². The molecule has 0 amide bonds. The molecule has 2 heterocycles. The smallest absolute Gasteiger partial charge is 0.182 e. The summed E-state index contributed by atoms with van der Waals surface area (Å²) >= 11 is 0. The van der Waals surface area contributed by atoms with Gasteiger partial charge in [-0.25, -0.2) is 9.97 Å². The van der Waals surface area contributed by atoms with Gasteiger partial charge in [0.1, 0.15) is 6.07 Å². The van der Waals surface area contributed by atoms with Crippen molar-refractivity contribution in [2.75, 3.05) is 19.0 Å². The molecular weight excluding hydrogens is 268 g/mol. The number of rotatable bonds is 6. The third-order valence-electron chi connectivity index (χ3n) is 3.28. The van der Waals surface area contributed by atoms with Crippen molar-refractivity contribution in [2.45, 2.75) is 26.9 Å². The lowest BCUT2D eigenvalue weighted by molar-refractivity contribution is 0.182. The van der Waals surface area contributed by atoms with Gasteiger partial charge in [0.25, 0.3) is 0 Å². The fourth-order valence-corrected chi connectivity index (χ4v) is 2.11. The van der Waals surface area contributed by atoms with Crippen LogP contribution in [0.3, 0.4) is 0 Å². The van der Waals surface area contributed by atoms with Gasteiger partial charge in [-0.3, -0.25) is 4.68 Å². The average Bonchev–Trinajstić information content (AvgIpc) is 2.77. The summed E-state index contributed by atoms with van der Waals surface area (Å²) in [5, 5.41) is 16.7. The zero-order chi connectivity index (χ0) is 15.2. The van der Waals surface area contributed by atoms with E-state index in [-0.39, 0.29) is 0 Å². The molecule has 1 N–H and O–H groups in total. The van der Waals surface area contributed by atoms with E-state index in [0.29, 0.717) is 24.7 Å². The molecule has 7 heteroatoms. The highest BCUT2D eigenvalue weighted by atomic mass is 16.5. The van der Waals surface area contributed by atoms with Crippen LogP contribution < -0.4 is 5.32 Å². The second kappa shape index (κ2) is 6.81. The van der Waals surface area contributed by atoms with E-state index in [1.807, 2.05) is 24.6 Å². The Hall–Kier alpha value is -2.46. The van der Waals surface area contributed by atoms with Gasteiger partial charge in [-0.15, -0.1) is 0 Å². The molecule has 0 saturated carbocycles. The van der Waals surface area contributed by atoms with Gasteiger partial charge in [0, 0.05) is 37.3 Å². The zero-order valence-electron chi connectivity index (χ0n) is 12.4. The summed E-state index contributed by atoms with van der Waals surface area (Å²) in [5.74, 6) is 0.489. The molecule has 0 radical (unpaired) electrons. The van der Waals surface area contributed by atoms with Crippen LogP contribution in [0.25, 0.3) is 0 Å². The number of methoxy groups -OCH3 is 1. The third kappa shape index (κ3) is 3.35. The number of hydrogen-bond acceptors (Lipinski definition) is 6. The number of nitrogens with one attached hydrogen (secondary N) is 1. The van der Waals surface area contributed by atoms with Crippen LogP contribution in [0.2, 0.25) is 0 Å². The molecule has 2 aromatic heterocycles. The van der Waals surface area contributed by atoms with Gasteiger partial charge >= 0.3 is 0 Å². The van der Waals surface area contributed by atoms with Crippen molar-refractivity contribution in [1.29, 1.82) is 5.26 Å². The number of ether oxygens (including phenoxy) is 1. The van der Waals surface area contributed by atoms with Gasteiger partial charge in [-0.05, 0) is 13.8 Å². The first kappa shape index (κ1) is 14.9. The van der Waals surface area contributed by atoms with Crippen molar-refractivity contribution < 1.29 is 4.74 Å². The molecule has 0 bridgehead atoms. The van der Waals surface area contributed by atoms with E-state index < -0.39 is 0 Å². The van der Waals surface area contributed by atoms with E-state index in [9.17, 15) is 0 Å². The van der Waals surface area contributed by atoms with Crippen molar-refractivity contribution in [1.82, 2.24) is 19.7 Å². The minimum atomic E-state index is 0.291. The predicted molar refractivity (Wildman–Crippen MR) is 77.7 cm³/mol. The predicted octanol–water partition coefficient (Wildman–Crippen LogP) is 1.42. The molecule has 21 heavy (non-hydrogen) atoms. The van der Waals surface area contributed by atoms with Gasteiger partial charge in [0.05, 0.1) is 18.8 Å². The Balaban J connectivity index is 2.13. The van der Waals surface area contributed by atoms with Crippen molar-refractivity contribution in [3.63, 3.8) is 0 Å². The first-order valence-corrected chi connectivity index (χ1v) is 6.64.